The summed E-state index contributed by atoms with van der Waals surface area (Å²) in [4.78, 5) is 30.9. The maximum Gasteiger partial charge on any atom is 0.282 e. The molecule has 3 rings (SSSR count). The van der Waals surface area contributed by atoms with Gasteiger partial charge in [0.15, 0.2) is 4.96 Å². The van der Waals surface area contributed by atoms with Gasteiger partial charge in [0.05, 0.1) is 5.69 Å². The molecule has 0 radical (unpaired) electrons. The van der Waals surface area contributed by atoms with Gasteiger partial charge in [-0.15, -0.1) is 23.1 Å². The summed E-state index contributed by atoms with van der Waals surface area (Å²) in [7, 11) is 0. The van der Waals surface area contributed by atoms with Gasteiger partial charge in [0.2, 0.25) is 5.91 Å². The zero-order chi connectivity index (χ0) is 17.1. The fourth-order valence-electron chi connectivity index (χ4n) is 2.31. The first-order valence-electron chi connectivity index (χ1n) is 7.51. The molecular weight excluding hydrogens is 342 g/mol. The van der Waals surface area contributed by atoms with Gasteiger partial charge in [-0.1, -0.05) is 18.2 Å². The van der Waals surface area contributed by atoms with E-state index < -0.39 is 0 Å². The fraction of sp³-hybridized carbons (Fsp3) is 0.235. The predicted octanol–water partition coefficient (Wildman–Crippen LogP) is 3.49. The molecule has 5 nitrogen and oxygen atoms in total. The first-order valence-corrected chi connectivity index (χ1v) is 9.38. The largest absolute Gasteiger partial charge is 0.320 e. The summed E-state index contributed by atoms with van der Waals surface area (Å²) in [6, 6.07) is 9.92. The van der Waals surface area contributed by atoms with Crippen molar-refractivity contribution < 1.29 is 4.79 Å². The topological polar surface area (TPSA) is 63.5 Å². The number of anilines is 1. The highest BCUT2D eigenvalue weighted by Gasteiger charge is 2.14. The van der Waals surface area contributed by atoms with Gasteiger partial charge >= 0.3 is 0 Å². The molecule has 24 heavy (non-hydrogen) atoms. The zero-order valence-corrected chi connectivity index (χ0v) is 15.0. The van der Waals surface area contributed by atoms with Gasteiger partial charge in [-0.2, -0.15) is 0 Å². The lowest BCUT2D eigenvalue weighted by Gasteiger charge is -2.08. The fourth-order valence-corrected chi connectivity index (χ4v) is 4.08. The van der Waals surface area contributed by atoms with Crippen LogP contribution in [-0.4, -0.2) is 21.0 Å². The molecule has 0 saturated heterocycles. The third-order valence-electron chi connectivity index (χ3n) is 3.53. The number of carbonyl (C=O) groups is 1. The maximum atomic E-state index is 12.6. The van der Waals surface area contributed by atoms with Gasteiger partial charge in [0.1, 0.15) is 5.69 Å². The molecule has 0 unspecified atom stereocenters. The second-order valence-electron chi connectivity index (χ2n) is 5.33. The van der Waals surface area contributed by atoms with Crippen LogP contribution in [0, 0.1) is 13.8 Å². The third kappa shape index (κ3) is 3.52. The Kier molecular flexibility index (Phi) is 5.01. The van der Waals surface area contributed by atoms with E-state index in [1.54, 1.807) is 18.7 Å². The summed E-state index contributed by atoms with van der Waals surface area (Å²) < 4.78 is 1.53. The van der Waals surface area contributed by atoms with Crippen molar-refractivity contribution in [3.05, 3.63) is 57.5 Å². The molecule has 0 spiro atoms. The number of rotatable bonds is 5. The molecule has 2 aromatic heterocycles. The van der Waals surface area contributed by atoms with Crippen molar-refractivity contribution in [2.75, 3.05) is 11.1 Å². The van der Waals surface area contributed by atoms with Gasteiger partial charge in [0.25, 0.3) is 5.56 Å². The number of hydrogen-bond donors (Lipinski definition) is 1. The molecule has 0 aliphatic heterocycles. The van der Waals surface area contributed by atoms with Crippen LogP contribution in [0.5, 0.6) is 0 Å². The molecule has 0 aliphatic rings. The van der Waals surface area contributed by atoms with Crippen LogP contribution in [0.2, 0.25) is 0 Å². The van der Waals surface area contributed by atoms with Gasteiger partial charge in [-0.05, 0) is 26.0 Å². The third-order valence-corrected chi connectivity index (χ3v) is 5.48. The molecule has 7 heteroatoms. The molecule has 2 heterocycles. The monoisotopic (exact) mass is 359 g/mol. The standard InChI is InChI=1S/C17H17N3O2S2/c1-11-10-24-17-18-12(2)15(16(22)20(11)17)19-14(21)8-9-23-13-6-4-3-5-7-13/h3-7,10H,8-9H2,1-2H3,(H,19,21). The molecule has 0 atom stereocenters. The highest BCUT2D eigenvalue weighted by molar-refractivity contribution is 7.99. The van der Waals surface area contributed by atoms with Crippen LogP contribution in [0.4, 0.5) is 5.69 Å². The van der Waals surface area contributed by atoms with Crippen molar-refractivity contribution in [2.24, 2.45) is 0 Å². The quantitative estimate of drug-likeness (QED) is 0.708. The summed E-state index contributed by atoms with van der Waals surface area (Å²) in [5.74, 6) is 0.483. The average Bonchev–Trinajstić information content (AvgIpc) is 2.93. The summed E-state index contributed by atoms with van der Waals surface area (Å²) in [5, 5.41) is 4.61. The van der Waals surface area contributed by atoms with Crippen LogP contribution in [0.25, 0.3) is 4.96 Å². The van der Waals surface area contributed by atoms with Crippen LogP contribution >= 0.6 is 23.1 Å². The number of fused-ring (bicyclic) bond motifs is 1. The number of thiazole rings is 1. The maximum absolute atomic E-state index is 12.6. The lowest BCUT2D eigenvalue weighted by molar-refractivity contribution is -0.115. The number of aromatic nitrogens is 2. The Labute approximate surface area is 147 Å². The summed E-state index contributed by atoms with van der Waals surface area (Å²) in [6.45, 7) is 3.59. The van der Waals surface area contributed by atoms with E-state index >= 15 is 0 Å². The molecule has 0 fully saturated rings. The highest BCUT2D eigenvalue weighted by Crippen LogP contribution is 2.19. The molecule has 1 amide bonds. The molecular formula is C17H17N3O2S2. The number of benzene rings is 1. The molecule has 124 valence electrons. The van der Waals surface area contributed by atoms with Gasteiger partial charge in [-0.25, -0.2) is 4.98 Å². The van der Waals surface area contributed by atoms with Crippen LogP contribution in [0.1, 0.15) is 17.8 Å². The Morgan fingerprint density at radius 3 is 2.79 bits per heavy atom. The van der Waals surface area contributed by atoms with Crippen LogP contribution in [-0.2, 0) is 4.79 Å². The Bertz CT molecular complexity index is 932. The van der Waals surface area contributed by atoms with Crippen molar-refractivity contribution in [3.63, 3.8) is 0 Å². The van der Waals surface area contributed by atoms with E-state index in [1.165, 1.54) is 15.7 Å². The Morgan fingerprint density at radius 1 is 1.29 bits per heavy atom. The van der Waals surface area contributed by atoms with E-state index in [-0.39, 0.29) is 17.2 Å². The van der Waals surface area contributed by atoms with E-state index in [2.05, 4.69) is 10.3 Å². The summed E-state index contributed by atoms with van der Waals surface area (Å²) in [6.07, 6.45) is 0.337. The molecule has 1 N–H and O–H groups in total. The van der Waals surface area contributed by atoms with E-state index in [9.17, 15) is 9.59 Å². The number of thioether (sulfide) groups is 1. The van der Waals surface area contributed by atoms with Crippen LogP contribution < -0.4 is 10.9 Å². The van der Waals surface area contributed by atoms with Crippen molar-refractivity contribution in [1.29, 1.82) is 0 Å². The minimum Gasteiger partial charge on any atom is -0.320 e. The number of aryl methyl sites for hydroxylation is 2. The molecule has 0 saturated carbocycles. The van der Waals surface area contributed by atoms with E-state index in [1.807, 2.05) is 42.6 Å². The Balaban J connectivity index is 1.69. The van der Waals surface area contributed by atoms with Gasteiger partial charge < -0.3 is 5.32 Å². The van der Waals surface area contributed by atoms with E-state index in [0.29, 0.717) is 22.8 Å². The zero-order valence-electron chi connectivity index (χ0n) is 13.4. The van der Waals surface area contributed by atoms with Gasteiger partial charge in [0, 0.05) is 28.1 Å². The second-order valence-corrected chi connectivity index (χ2v) is 7.34. The number of hydrogen-bond acceptors (Lipinski definition) is 5. The summed E-state index contributed by atoms with van der Waals surface area (Å²) >= 11 is 3.03. The number of nitrogens with one attached hydrogen (secondary N) is 1. The van der Waals surface area contributed by atoms with Crippen molar-refractivity contribution in [1.82, 2.24) is 9.38 Å². The number of amides is 1. The van der Waals surface area contributed by atoms with Gasteiger partial charge in [-0.3, -0.25) is 14.0 Å². The van der Waals surface area contributed by atoms with Crippen LogP contribution in [0.3, 0.4) is 0 Å². The predicted molar refractivity (Wildman–Crippen MR) is 99.2 cm³/mol. The van der Waals surface area contributed by atoms with Crippen molar-refractivity contribution in [2.45, 2.75) is 25.2 Å². The van der Waals surface area contributed by atoms with Crippen LogP contribution in [0.15, 0.2) is 45.4 Å². The SMILES string of the molecule is Cc1nc2scc(C)n2c(=O)c1NC(=O)CCSc1ccccc1. The number of carbonyl (C=O) groups excluding carboxylic acids is 1. The molecule has 0 aliphatic carbocycles. The Morgan fingerprint density at radius 2 is 2.04 bits per heavy atom. The minimum atomic E-state index is -0.222. The smallest absolute Gasteiger partial charge is 0.282 e. The molecule has 0 bridgehead atoms. The number of nitrogens with zero attached hydrogens (tertiary/aromatic N) is 2. The Hall–Kier alpha value is -2.12. The van der Waals surface area contributed by atoms with E-state index in [4.69, 9.17) is 0 Å². The molecule has 1 aromatic carbocycles. The van der Waals surface area contributed by atoms with E-state index in [0.717, 1.165) is 10.6 Å². The molecule has 3 aromatic rings. The first-order chi connectivity index (χ1) is 11.6. The normalized spacial score (nSPS) is 10.9. The highest BCUT2D eigenvalue weighted by atomic mass is 32.2. The lowest BCUT2D eigenvalue weighted by Crippen LogP contribution is -2.25. The lowest BCUT2D eigenvalue weighted by atomic mass is 10.3. The minimum absolute atomic E-state index is 0.173. The second kappa shape index (κ2) is 7.19. The average molecular weight is 359 g/mol. The van der Waals surface area contributed by atoms with Crippen molar-refractivity contribution >= 4 is 39.7 Å². The first kappa shape index (κ1) is 16.7. The summed E-state index contributed by atoms with van der Waals surface area (Å²) in [5.41, 5.74) is 1.41. The van der Waals surface area contributed by atoms with Crippen molar-refractivity contribution in [3.8, 4) is 0 Å².